The van der Waals surface area contributed by atoms with Crippen LogP contribution < -0.4 is 10.6 Å². The maximum Gasteiger partial charge on any atom is 0.270 e. The molecule has 0 aliphatic rings. The van der Waals surface area contributed by atoms with E-state index in [1.165, 1.54) is 0 Å². The molecule has 1 heterocycles. The Bertz CT molecular complexity index is 972. The van der Waals surface area contributed by atoms with Crippen LogP contribution in [0.2, 0.25) is 0 Å². The summed E-state index contributed by atoms with van der Waals surface area (Å²) in [5.74, 6) is -0.641. The summed E-state index contributed by atoms with van der Waals surface area (Å²) in [6.45, 7) is 5.81. The number of carbonyl (C=O) groups is 2. The Labute approximate surface area is 152 Å². The summed E-state index contributed by atoms with van der Waals surface area (Å²) in [4.78, 5) is 28.8. The van der Waals surface area contributed by atoms with Gasteiger partial charge in [-0.25, -0.2) is 4.98 Å². The third-order valence-electron chi connectivity index (χ3n) is 4.18. The van der Waals surface area contributed by atoms with Crippen molar-refractivity contribution in [1.29, 1.82) is 0 Å². The molecule has 3 rings (SSSR count). The second-order valence-corrected chi connectivity index (χ2v) is 6.39. The molecule has 0 saturated carbocycles. The summed E-state index contributed by atoms with van der Waals surface area (Å²) >= 11 is 0. The Kier molecular flexibility index (Phi) is 4.98. The Morgan fingerprint density at radius 3 is 2.38 bits per heavy atom. The van der Waals surface area contributed by atoms with E-state index in [0.717, 1.165) is 33.3 Å². The maximum absolute atomic E-state index is 12.3. The van der Waals surface area contributed by atoms with E-state index in [1.807, 2.05) is 63.2 Å². The van der Waals surface area contributed by atoms with Gasteiger partial charge in [0.05, 0.1) is 12.1 Å². The Balaban J connectivity index is 1.64. The number of pyridine rings is 1. The van der Waals surface area contributed by atoms with Crippen LogP contribution >= 0.6 is 0 Å². The molecule has 0 atom stereocenters. The van der Waals surface area contributed by atoms with Gasteiger partial charge in [-0.3, -0.25) is 9.59 Å². The average Bonchev–Trinajstić information content (AvgIpc) is 2.62. The molecule has 2 amide bonds. The van der Waals surface area contributed by atoms with Gasteiger partial charge < -0.3 is 10.6 Å². The molecule has 0 unspecified atom stereocenters. The number of hydrogen-bond acceptors (Lipinski definition) is 3. The first-order chi connectivity index (χ1) is 12.4. The first-order valence-corrected chi connectivity index (χ1v) is 8.46. The van der Waals surface area contributed by atoms with Crippen molar-refractivity contribution in [2.24, 2.45) is 0 Å². The molecule has 2 N–H and O–H groups in total. The number of aryl methyl sites for hydroxylation is 3. The summed E-state index contributed by atoms with van der Waals surface area (Å²) in [5, 5.41) is 6.45. The fourth-order valence-electron chi connectivity index (χ4n) is 3.00. The molecule has 2 aromatic carbocycles. The minimum atomic E-state index is -0.372. The lowest BCUT2D eigenvalue weighted by Crippen LogP contribution is -2.33. The van der Waals surface area contributed by atoms with Gasteiger partial charge in [-0.1, -0.05) is 42.0 Å². The number of aromatic nitrogens is 1. The third-order valence-corrected chi connectivity index (χ3v) is 4.18. The van der Waals surface area contributed by atoms with Crippen LogP contribution in [0.3, 0.4) is 0 Å². The number of carbonyl (C=O) groups excluding carboxylic acids is 2. The highest BCUT2D eigenvalue weighted by Crippen LogP contribution is 2.21. The van der Waals surface area contributed by atoms with Crippen LogP contribution in [0.25, 0.3) is 10.9 Å². The molecule has 132 valence electrons. The highest BCUT2D eigenvalue weighted by molar-refractivity contribution is 6.00. The van der Waals surface area contributed by atoms with Gasteiger partial charge in [0.25, 0.3) is 5.91 Å². The molecule has 3 aromatic rings. The normalized spacial score (nSPS) is 10.6. The second-order valence-electron chi connectivity index (χ2n) is 6.39. The van der Waals surface area contributed by atoms with E-state index in [-0.39, 0.29) is 18.4 Å². The van der Waals surface area contributed by atoms with Crippen molar-refractivity contribution in [3.8, 4) is 0 Å². The minimum absolute atomic E-state index is 0.111. The summed E-state index contributed by atoms with van der Waals surface area (Å²) < 4.78 is 0. The number of anilines is 1. The second kappa shape index (κ2) is 7.35. The van der Waals surface area contributed by atoms with Gasteiger partial charge in [0.2, 0.25) is 5.91 Å². The van der Waals surface area contributed by atoms with E-state index in [4.69, 9.17) is 0 Å². The Hall–Kier alpha value is -3.21. The Morgan fingerprint density at radius 1 is 0.962 bits per heavy atom. The monoisotopic (exact) mass is 347 g/mol. The standard InChI is InChI=1S/C21H21N3O2/c1-13-10-14(2)20(15(3)11-13)24-19(25)12-22-21(26)18-9-8-16-6-4-5-7-17(16)23-18/h4-11H,12H2,1-3H3,(H,22,26)(H,24,25). The number of nitrogens with one attached hydrogen (secondary N) is 2. The number of rotatable bonds is 4. The highest BCUT2D eigenvalue weighted by Gasteiger charge is 2.12. The van der Waals surface area contributed by atoms with Gasteiger partial charge in [0.1, 0.15) is 5.69 Å². The number of nitrogens with zero attached hydrogens (tertiary/aromatic N) is 1. The van der Waals surface area contributed by atoms with Crippen LogP contribution in [0, 0.1) is 20.8 Å². The predicted octanol–water partition coefficient (Wildman–Crippen LogP) is 3.53. The fourth-order valence-corrected chi connectivity index (χ4v) is 3.00. The summed E-state index contributed by atoms with van der Waals surface area (Å²) in [6, 6.07) is 15.1. The van der Waals surface area contributed by atoms with E-state index in [2.05, 4.69) is 15.6 Å². The maximum atomic E-state index is 12.3. The van der Waals surface area contributed by atoms with Crippen molar-refractivity contribution in [3.05, 3.63) is 70.9 Å². The molecule has 1 aromatic heterocycles. The van der Waals surface area contributed by atoms with Crippen molar-refractivity contribution in [2.75, 3.05) is 11.9 Å². The minimum Gasteiger partial charge on any atom is -0.342 e. The van der Waals surface area contributed by atoms with E-state index in [0.29, 0.717) is 5.69 Å². The number of amides is 2. The van der Waals surface area contributed by atoms with Gasteiger partial charge in [0, 0.05) is 11.1 Å². The van der Waals surface area contributed by atoms with Crippen LogP contribution in [0.1, 0.15) is 27.2 Å². The zero-order valence-corrected chi connectivity index (χ0v) is 15.1. The van der Waals surface area contributed by atoms with E-state index in [1.54, 1.807) is 6.07 Å². The van der Waals surface area contributed by atoms with E-state index in [9.17, 15) is 9.59 Å². The molecule has 0 radical (unpaired) electrons. The van der Waals surface area contributed by atoms with Crippen molar-refractivity contribution in [3.63, 3.8) is 0 Å². The summed E-state index contributed by atoms with van der Waals surface area (Å²) in [6.07, 6.45) is 0. The van der Waals surface area contributed by atoms with Gasteiger partial charge in [-0.15, -0.1) is 0 Å². The van der Waals surface area contributed by atoms with Crippen molar-refractivity contribution >= 4 is 28.4 Å². The first-order valence-electron chi connectivity index (χ1n) is 8.46. The predicted molar refractivity (Wildman–Crippen MR) is 103 cm³/mol. The number of fused-ring (bicyclic) bond motifs is 1. The molecule has 0 fully saturated rings. The average molecular weight is 347 g/mol. The smallest absolute Gasteiger partial charge is 0.270 e. The summed E-state index contributed by atoms with van der Waals surface area (Å²) in [7, 11) is 0. The molecule has 0 spiro atoms. The van der Waals surface area contributed by atoms with Crippen molar-refractivity contribution in [1.82, 2.24) is 10.3 Å². The number of para-hydroxylation sites is 1. The third kappa shape index (κ3) is 3.88. The first kappa shape index (κ1) is 17.6. The molecular weight excluding hydrogens is 326 g/mol. The van der Waals surface area contributed by atoms with Gasteiger partial charge in [0.15, 0.2) is 0 Å². The Morgan fingerprint density at radius 2 is 1.65 bits per heavy atom. The lowest BCUT2D eigenvalue weighted by Gasteiger charge is -2.13. The van der Waals surface area contributed by atoms with Crippen LogP contribution in [0.4, 0.5) is 5.69 Å². The quantitative estimate of drug-likeness (QED) is 0.758. The SMILES string of the molecule is Cc1cc(C)c(NC(=O)CNC(=O)c2ccc3ccccc3n2)c(C)c1. The molecule has 26 heavy (non-hydrogen) atoms. The fraction of sp³-hybridized carbons (Fsp3) is 0.190. The topological polar surface area (TPSA) is 71.1 Å². The number of hydrogen-bond donors (Lipinski definition) is 2. The van der Waals surface area contributed by atoms with Crippen molar-refractivity contribution in [2.45, 2.75) is 20.8 Å². The molecule has 5 nitrogen and oxygen atoms in total. The molecule has 5 heteroatoms. The van der Waals surface area contributed by atoms with Gasteiger partial charge >= 0.3 is 0 Å². The van der Waals surface area contributed by atoms with Gasteiger partial charge in [-0.2, -0.15) is 0 Å². The molecule has 0 aliphatic heterocycles. The molecule has 0 saturated heterocycles. The summed E-state index contributed by atoms with van der Waals surface area (Å²) in [5.41, 5.74) is 4.97. The van der Waals surface area contributed by atoms with Crippen molar-refractivity contribution < 1.29 is 9.59 Å². The van der Waals surface area contributed by atoms with Crippen LogP contribution in [0.5, 0.6) is 0 Å². The zero-order chi connectivity index (χ0) is 18.7. The lowest BCUT2D eigenvalue weighted by molar-refractivity contribution is -0.115. The zero-order valence-electron chi connectivity index (χ0n) is 15.1. The highest BCUT2D eigenvalue weighted by atomic mass is 16.2. The van der Waals surface area contributed by atoms with E-state index < -0.39 is 0 Å². The molecule has 0 aliphatic carbocycles. The number of benzene rings is 2. The molecule has 0 bridgehead atoms. The van der Waals surface area contributed by atoms with Gasteiger partial charge in [-0.05, 0) is 44.0 Å². The van der Waals surface area contributed by atoms with Crippen LogP contribution in [0.15, 0.2) is 48.5 Å². The van der Waals surface area contributed by atoms with Crippen LogP contribution in [-0.2, 0) is 4.79 Å². The van der Waals surface area contributed by atoms with Crippen LogP contribution in [-0.4, -0.2) is 23.3 Å². The van der Waals surface area contributed by atoms with E-state index >= 15 is 0 Å². The largest absolute Gasteiger partial charge is 0.342 e. The molecular formula is C21H21N3O2. The lowest BCUT2D eigenvalue weighted by atomic mass is 10.1.